The number of aromatic nitrogens is 1. The van der Waals surface area contributed by atoms with Crippen LogP contribution in [0.15, 0.2) is 22.7 Å². The number of hydrogen-bond acceptors (Lipinski definition) is 7. The number of rotatable bonds is 7. The Bertz CT molecular complexity index is 1300. The van der Waals surface area contributed by atoms with Crippen molar-refractivity contribution >= 4 is 65.8 Å². The molecule has 37 heavy (non-hydrogen) atoms. The normalized spacial score (nSPS) is 16.5. The molecule has 1 aliphatic rings. The summed E-state index contributed by atoms with van der Waals surface area (Å²) in [6.07, 6.45) is 1.77. The second-order valence-electron chi connectivity index (χ2n) is 10.6. The quantitative estimate of drug-likeness (QED) is 0.297. The lowest BCUT2D eigenvalue weighted by atomic mass is 9.97. The molecule has 3 aromatic rings. The van der Waals surface area contributed by atoms with Gasteiger partial charge in [-0.25, -0.2) is 9.78 Å². The summed E-state index contributed by atoms with van der Waals surface area (Å²) in [5.74, 6) is -0.0310. The van der Waals surface area contributed by atoms with Crippen molar-refractivity contribution in [2.24, 2.45) is 0 Å². The average Bonchev–Trinajstić information content (AvgIpc) is 3.36. The standard InChI is InChI=1S/C27H35BrN4O3S2/c1-7-15(2)29-11-10-22(33)31-25-23(24-30-19-13-17(28)8-9-20(19)36-24)18-12-16(3)32(14-21(18)37-25)26(34)35-27(4,5)6/h8-9,13,15-16,29H,7,10-12,14H2,1-6H3,(H,31,33)/t15-,16+/m0/s1. The number of nitrogens with one attached hydrogen (secondary N) is 2. The first-order valence-electron chi connectivity index (χ1n) is 12.7. The van der Waals surface area contributed by atoms with Crippen LogP contribution < -0.4 is 10.6 Å². The molecule has 1 aliphatic heterocycles. The zero-order chi connectivity index (χ0) is 26.9. The number of fused-ring (bicyclic) bond motifs is 2. The Labute approximate surface area is 235 Å². The van der Waals surface area contributed by atoms with E-state index >= 15 is 0 Å². The summed E-state index contributed by atoms with van der Waals surface area (Å²) >= 11 is 6.70. The van der Waals surface area contributed by atoms with Crippen molar-refractivity contribution in [2.45, 2.75) is 85.0 Å². The summed E-state index contributed by atoms with van der Waals surface area (Å²) in [5.41, 5.74) is 2.50. The van der Waals surface area contributed by atoms with E-state index in [2.05, 4.69) is 46.5 Å². The molecule has 2 amide bonds. The van der Waals surface area contributed by atoms with E-state index in [0.717, 1.165) is 47.1 Å². The largest absolute Gasteiger partial charge is 0.444 e. The molecule has 2 aromatic heterocycles. The number of halogens is 1. The first-order valence-corrected chi connectivity index (χ1v) is 15.1. The van der Waals surface area contributed by atoms with Crippen LogP contribution in [0.3, 0.4) is 0 Å². The Morgan fingerprint density at radius 3 is 2.76 bits per heavy atom. The Morgan fingerprint density at radius 1 is 1.30 bits per heavy atom. The van der Waals surface area contributed by atoms with Crippen molar-refractivity contribution in [3.05, 3.63) is 33.1 Å². The van der Waals surface area contributed by atoms with E-state index in [9.17, 15) is 9.59 Å². The maximum absolute atomic E-state index is 12.9. The molecule has 1 aromatic carbocycles. The van der Waals surface area contributed by atoms with Crippen LogP contribution in [0.1, 0.15) is 64.8 Å². The molecule has 0 unspecified atom stereocenters. The van der Waals surface area contributed by atoms with Gasteiger partial charge in [0.15, 0.2) is 0 Å². The van der Waals surface area contributed by atoms with Gasteiger partial charge >= 0.3 is 6.09 Å². The average molecular weight is 608 g/mol. The Hall–Kier alpha value is -2.01. The number of amides is 2. The molecule has 0 bridgehead atoms. The first kappa shape index (κ1) is 28.0. The van der Waals surface area contributed by atoms with Crippen LogP contribution in [0, 0.1) is 0 Å². The molecule has 0 saturated heterocycles. The second-order valence-corrected chi connectivity index (χ2v) is 13.6. The summed E-state index contributed by atoms with van der Waals surface area (Å²) in [4.78, 5) is 33.7. The van der Waals surface area contributed by atoms with Crippen molar-refractivity contribution in [1.82, 2.24) is 15.2 Å². The Balaban J connectivity index is 1.67. The molecule has 10 heteroatoms. The van der Waals surface area contributed by atoms with Gasteiger partial charge in [-0.3, -0.25) is 4.79 Å². The monoisotopic (exact) mass is 606 g/mol. The Kier molecular flexibility index (Phi) is 8.62. The molecule has 3 heterocycles. The first-order chi connectivity index (χ1) is 17.4. The van der Waals surface area contributed by atoms with Gasteiger partial charge in [-0.2, -0.15) is 0 Å². The number of thiazole rings is 1. The van der Waals surface area contributed by atoms with E-state index in [0.29, 0.717) is 32.0 Å². The molecule has 0 aliphatic carbocycles. The lowest BCUT2D eigenvalue weighted by Gasteiger charge is -2.35. The number of benzene rings is 1. The van der Waals surface area contributed by atoms with Crippen LogP contribution in [-0.2, 0) is 22.5 Å². The van der Waals surface area contributed by atoms with Crippen molar-refractivity contribution in [2.75, 3.05) is 11.9 Å². The van der Waals surface area contributed by atoms with Gasteiger partial charge in [0.2, 0.25) is 5.91 Å². The molecule has 2 N–H and O–H groups in total. The summed E-state index contributed by atoms with van der Waals surface area (Å²) in [6, 6.07) is 6.42. The fourth-order valence-corrected chi connectivity index (χ4v) is 6.91. The van der Waals surface area contributed by atoms with Crippen molar-refractivity contribution in [3.8, 4) is 10.6 Å². The minimum Gasteiger partial charge on any atom is -0.444 e. The highest BCUT2D eigenvalue weighted by atomic mass is 79.9. The van der Waals surface area contributed by atoms with E-state index in [1.165, 1.54) is 11.3 Å². The van der Waals surface area contributed by atoms with E-state index in [1.54, 1.807) is 16.2 Å². The summed E-state index contributed by atoms with van der Waals surface area (Å²) in [5, 5.41) is 8.24. The molecule has 0 saturated carbocycles. The van der Waals surface area contributed by atoms with Crippen LogP contribution in [0.2, 0.25) is 0 Å². The molecule has 200 valence electrons. The van der Waals surface area contributed by atoms with Crippen LogP contribution in [0.5, 0.6) is 0 Å². The number of hydrogen-bond donors (Lipinski definition) is 2. The maximum atomic E-state index is 12.9. The minimum absolute atomic E-state index is 0.0310. The zero-order valence-corrected chi connectivity index (χ0v) is 25.5. The van der Waals surface area contributed by atoms with E-state index in [4.69, 9.17) is 9.72 Å². The predicted octanol–water partition coefficient (Wildman–Crippen LogP) is 7.19. The number of nitrogens with zero attached hydrogens (tertiary/aromatic N) is 2. The lowest BCUT2D eigenvalue weighted by Crippen LogP contribution is -2.44. The van der Waals surface area contributed by atoms with Gasteiger partial charge < -0.3 is 20.3 Å². The van der Waals surface area contributed by atoms with E-state index < -0.39 is 5.60 Å². The summed E-state index contributed by atoms with van der Waals surface area (Å²) < 4.78 is 7.74. The summed E-state index contributed by atoms with van der Waals surface area (Å²) in [7, 11) is 0. The molecular formula is C27H35BrN4O3S2. The highest BCUT2D eigenvalue weighted by Crippen LogP contribution is 2.47. The van der Waals surface area contributed by atoms with Crippen LogP contribution >= 0.6 is 38.6 Å². The minimum atomic E-state index is -0.560. The number of carbonyl (C=O) groups is 2. The van der Waals surface area contributed by atoms with E-state index in [-0.39, 0.29) is 18.0 Å². The number of thiophene rings is 1. The molecule has 2 atom stereocenters. The van der Waals surface area contributed by atoms with Crippen LogP contribution in [0.25, 0.3) is 20.8 Å². The Morgan fingerprint density at radius 2 is 2.05 bits per heavy atom. The van der Waals surface area contributed by atoms with E-state index in [1.807, 2.05) is 39.8 Å². The molecule has 0 radical (unpaired) electrons. The number of carbonyl (C=O) groups excluding carboxylic acids is 2. The molecule has 4 rings (SSSR count). The predicted molar refractivity (Wildman–Crippen MR) is 157 cm³/mol. The molecule has 0 spiro atoms. The van der Waals surface area contributed by atoms with Crippen molar-refractivity contribution in [3.63, 3.8) is 0 Å². The fourth-order valence-electron chi connectivity index (χ4n) is 4.22. The van der Waals surface area contributed by atoms with Crippen molar-refractivity contribution in [1.29, 1.82) is 0 Å². The van der Waals surface area contributed by atoms with Gasteiger partial charge in [-0.1, -0.05) is 22.9 Å². The third kappa shape index (κ3) is 6.71. The summed E-state index contributed by atoms with van der Waals surface area (Å²) in [6.45, 7) is 13.0. The zero-order valence-electron chi connectivity index (χ0n) is 22.2. The number of ether oxygens (including phenoxy) is 1. The fraction of sp³-hybridized carbons (Fsp3) is 0.519. The molecular weight excluding hydrogens is 572 g/mol. The van der Waals surface area contributed by atoms with Gasteiger partial charge in [-0.05, 0) is 71.2 Å². The van der Waals surface area contributed by atoms with Gasteiger partial charge in [0.1, 0.15) is 15.6 Å². The van der Waals surface area contributed by atoms with Crippen molar-refractivity contribution < 1.29 is 14.3 Å². The smallest absolute Gasteiger partial charge is 0.410 e. The lowest BCUT2D eigenvalue weighted by molar-refractivity contribution is -0.116. The third-order valence-corrected chi connectivity index (χ3v) is 9.02. The topological polar surface area (TPSA) is 83.6 Å². The third-order valence-electron chi connectivity index (χ3n) is 6.34. The van der Waals surface area contributed by atoms with Gasteiger partial charge in [0, 0.05) is 40.0 Å². The van der Waals surface area contributed by atoms with Crippen LogP contribution in [0.4, 0.5) is 9.80 Å². The van der Waals surface area contributed by atoms with Crippen LogP contribution in [-0.4, -0.2) is 46.1 Å². The molecule has 0 fully saturated rings. The maximum Gasteiger partial charge on any atom is 0.410 e. The second kappa shape index (κ2) is 11.4. The van der Waals surface area contributed by atoms with Gasteiger partial charge in [0.05, 0.1) is 16.8 Å². The highest BCUT2D eigenvalue weighted by Gasteiger charge is 2.35. The molecule has 7 nitrogen and oxygen atoms in total. The number of anilines is 1. The highest BCUT2D eigenvalue weighted by molar-refractivity contribution is 9.10. The van der Waals surface area contributed by atoms with Gasteiger partial charge in [0.25, 0.3) is 0 Å². The SMILES string of the molecule is CC[C@H](C)NCCC(=O)Nc1sc2c(c1-c1nc3cc(Br)ccc3s1)C[C@@H](C)N(C(=O)OC(C)(C)C)C2. The van der Waals surface area contributed by atoms with Gasteiger partial charge in [-0.15, -0.1) is 22.7 Å².